The lowest BCUT2D eigenvalue weighted by atomic mass is 9.96. The van der Waals surface area contributed by atoms with Gasteiger partial charge in [-0.2, -0.15) is 0 Å². The Bertz CT molecular complexity index is 576. The number of hydrogen-bond donors (Lipinski definition) is 1. The van der Waals surface area contributed by atoms with Crippen LogP contribution in [0, 0.1) is 6.92 Å². The van der Waals surface area contributed by atoms with E-state index in [9.17, 15) is 0 Å². The molecule has 3 nitrogen and oxygen atoms in total. The minimum atomic E-state index is 0.382. The largest absolute Gasteiger partial charge is 0.398 e. The van der Waals surface area contributed by atoms with Crippen LogP contribution in [0.2, 0.25) is 0 Å². The number of nitrogen functional groups attached to an aromatic ring is 1. The summed E-state index contributed by atoms with van der Waals surface area (Å²) in [6, 6.07) is 6.07. The van der Waals surface area contributed by atoms with E-state index in [1.54, 1.807) is 7.11 Å². The van der Waals surface area contributed by atoms with E-state index >= 15 is 0 Å². The summed E-state index contributed by atoms with van der Waals surface area (Å²) in [7, 11) is 1.69. The van der Waals surface area contributed by atoms with Crippen LogP contribution in [0.15, 0.2) is 18.2 Å². The molecule has 2 aromatic rings. The molecule has 1 aromatic heterocycles. The zero-order valence-electron chi connectivity index (χ0n) is 11.4. The Morgan fingerprint density at radius 1 is 1.33 bits per heavy atom. The lowest BCUT2D eigenvalue weighted by Crippen LogP contribution is -2.04. The van der Waals surface area contributed by atoms with Crippen LogP contribution in [0.1, 0.15) is 36.6 Å². The fourth-order valence-electron chi connectivity index (χ4n) is 2.51. The van der Waals surface area contributed by atoms with Crippen molar-refractivity contribution in [2.24, 2.45) is 0 Å². The predicted octanol–water partition coefficient (Wildman–Crippen LogP) is 3.40. The van der Waals surface area contributed by atoms with E-state index in [-0.39, 0.29) is 0 Å². The van der Waals surface area contributed by atoms with Crippen LogP contribution in [0.4, 0.5) is 5.69 Å². The molecule has 1 heterocycles. The highest BCUT2D eigenvalue weighted by Crippen LogP contribution is 2.32. The maximum Gasteiger partial charge on any atom is 0.0781 e. The van der Waals surface area contributed by atoms with Gasteiger partial charge in [-0.3, -0.25) is 4.98 Å². The Morgan fingerprint density at radius 2 is 2.06 bits per heavy atom. The van der Waals surface area contributed by atoms with Crippen molar-refractivity contribution in [2.45, 2.75) is 33.3 Å². The number of nitrogens with two attached hydrogens (primary N) is 1. The van der Waals surface area contributed by atoms with Gasteiger partial charge in [0.1, 0.15) is 0 Å². The molecule has 0 atom stereocenters. The van der Waals surface area contributed by atoms with Crippen molar-refractivity contribution in [3.8, 4) is 0 Å². The molecule has 0 saturated carbocycles. The Labute approximate surface area is 108 Å². The van der Waals surface area contributed by atoms with Gasteiger partial charge < -0.3 is 10.5 Å². The Kier molecular flexibility index (Phi) is 3.53. The van der Waals surface area contributed by atoms with E-state index in [1.807, 2.05) is 25.1 Å². The molecule has 0 aliphatic rings. The summed E-state index contributed by atoms with van der Waals surface area (Å²) in [6.45, 7) is 6.87. The number of methoxy groups -OCH3 is 1. The molecular formula is C15H20N2O. The van der Waals surface area contributed by atoms with Crippen molar-refractivity contribution < 1.29 is 4.74 Å². The third kappa shape index (κ3) is 2.06. The fourth-order valence-corrected chi connectivity index (χ4v) is 2.51. The number of benzene rings is 1. The molecule has 0 fully saturated rings. The van der Waals surface area contributed by atoms with Gasteiger partial charge in [-0.1, -0.05) is 32.0 Å². The summed E-state index contributed by atoms with van der Waals surface area (Å²) in [5, 5.41) is 1.03. The molecule has 0 aliphatic carbocycles. The number of rotatable bonds is 3. The first-order valence-electron chi connectivity index (χ1n) is 6.22. The van der Waals surface area contributed by atoms with Crippen LogP contribution >= 0.6 is 0 Å². The van der Waals surface area contributed by atoms with Crippen molar-refractivity contribution in [3.05, 3.63) is 35.0 Å². The highest BCUT2D eigenvalue weighted by Gasteiger charge is 2.14. The first-order valence-corrected chi connectivity index (χ1v) is 6.22. The minimum Gasteiger partial charge on any atom is -0.398 e. The molecule has 0 amide bonds. The zero-order valence-corrected chi connectivity index (χ0v) is 11.4. The topological polar surface area (TPSA) is 48.1 Å². The second kappa shape index (κ2) is 4.94. The van der Waals surface area contributed by atoms with Gasteiger partial charge in [0, 0.05) is 29.4 Å². The number of anilines is 1. The number of nitrogens with zero attached hydrogens (tertiary/aromatic N) is 1. The summed E-state index contributed by atoms with van der Waals surface area (Å²) in [5.74, 6) is 0.382. The SMILES string of the molecule is COCc1cccc2c(N)c(C(C)C)c(C)nc12. The standard InChI is InChI=1S/C15H20N2O/c1-9(2)13-10(3)17-15-11(8-18-4)6-5-7-12(15)14(13)16/h5-7,9H,8H2,1-4H3,(H2,16,17). The zero-order chi connectivity index (χ0) is 13.3. The number of para-hydroxylation sites is 1. The maximum atomic E-state index is 6.30. The smallest absolute Gasteiger partial charge is 0.0781 e. The number of aromatic nitrogens is 1. The Morgan fingerprint density at radius 3 is 2.67 bits per heavy atom. The van der Waals surface area contributed by atoms with Crippen molar-refractivity contribution in [1.29, 1.82) is 0 Å². The molecule has 18 heavy (non-hydrogen) atoms. The second-order valence-electron chi connectivity index (χ2n) is 4.93. The summed E-state index contributed by atoms with van der Waals surface area (Å²) in [5.41, 5.74) is 11.4. The monoisotopic (exact) mass is 244 g/mol. The Hall–Kier alpha value is -1.61. The molecule has 2 rings (SSSR count). The molecule has 2 N–H and O–H groups in total. The van der Waals surface area contributed by atoms with Gasteiger partial charge in [0.2, 0.25) is 0 Å². The highest BCUT2D eigenvalue weighted by molar-refractivity contribution is 5.94. The molecule has 0 spiro atoms. The number of aryl methyl sites for hydroxylation is 1. The summed E-state index contributed by atoms with van der Waals surface area (Å²) < 4.78 is 5.21. The van der Waals surface area contributed by atoms with Crippen LogP contribution in [0.3, 0.4) is 0 Å². The van der Waals surface area contributed by atoms with E-state index < -0.39 is 0 Å². The van der Waals surface area contributed by atoms with Crippen molar-refractivity contribution in [3.63, 3.8) is 0 Å². The Balaban J connectivity index is 2.77. The molecule has 3 heteroatoms. The van der Waals surface area contributed by atoms with Crippen LogP contribution < -0.4 is 5.73 Å². The van der Waals surface area contributed by atoms with Gasteiger partial charge >= 0.3 is 0 Å². The van der Waals surface area contributed by atoms with Gasteiger partial charge in [-0.15, -0.1) is 0 Å². The second-order valence-corrected chi connectivity index (χ2v) is 4.93. The molecule has 0 aliphatic heterocycles. The fraction of sp³-hybridized carbons (Fsp3) is 0.400. The van der Waals surface area contributed by atoms with Crippen LogP contribution in [0.5, 0.6) is 0 Å². The third-order valence-electron chi connectivity index (χ3n) is 3.25. The lowest BCUT2D eigenvalue weighted by Gasteiger charge is -2.16. The van der Waals surface area contributed by atoms with E-state index in [0.717, 1.165) is 33.4 Å². The molecule has 0 saturated heterocycles. The normalized spacial score (nSPS) is 11.4. The number of ether oxygens (including phenoxy) is 1. The predicted molar refractivity (Wildman–Crippen MR) is 75.7 cm³/mol. The van der Waals surface area contributed by atoms with Crippen molar-refractivity contribution >= 4 is 16.6 Å². The van der Waals surface area contributed by atoms with Crippen LogP contribution in [-0.2, 0) is 11.3 Å². The van der Waals surface area contributed by atoms with Gasteiger partial charge in [0.15, 0.2) is 0 Å². The molecule has 0 bridgehead atoms. The van der Waals surface area contributed by atoms with E-state index in [0.29, 0.717) is 12.5 Å². The third-order valence-corrected chi connectivity index (χ3v) is 3.25. The van der Waals surface area contributed by atoms with Crippen LogP contribution in [-0.4, -0.2) is 12.1 Å². The summed E-state index contributed by atoms with van der Waals surface area (Å²) >= 11 is 0. The van der Waals surface area contributed by atoms with Gasteiger partial charge in [-0.25, -0.2) is 0 Å². The first kappa shape index (κ1) is 12.8. The quantitative estimate of drug-likeness (QED) is 0.900. The average Bonchev–Trinajstić information content (AvgIpc) is 2.30. The first-order chi connectivity index (χ1) is 8.56. The summed E-state index contributed by atoms with van der Waals surface area (Å²) in [6.07, 6.45) is 0. The minimum absolute atomic E-state index is 0.382. The average molecular weight is 244 g/mol. The van der Waals surface area contributed by atoms with E-state index in [4.69, 9.17) is 15.5 Å². The van der Waals surface area contributed by atoms with Gasteiger partial charge in [0.05, 0.1) is 12.1 Å². The van der Waals surface area contributed by atoms with Gasteiger partial charge in [0.25, 0.3) is 0 Å². The highest BCUT2D eigenvalue weighted by atomic mass is 16.5. The molecule has 0 radical (unpaired) electrons. The van der Waals surface area contributed by atoms with Gasteiger partial charge in [-0.05, 0) is 18.4 Å². The van der Waals surface area contributed by atoms with Crippen LogP contribution in [0.25, 0.3) is 10.9 Å². The summed E-state index contributed by atoms with van der Waals surface area (Å²) in [4.78, 5) is 4.72. The maximum absolute atomic E-state index is 6.30. The van der Waals surface area contributed by atoms with Crippen molar-refractivity contribution in [1.82, 2.24) is 4.98 Å². The molecule has 96 valence electrons. The number of hydrogen-bond acceptors (Lipinski definition) is 3. The molecular weight excluding hydrogens is 224 g/mol. The van der Waals surface area contributed by atoms with E-state index in [2.05, 4.69) is 13.8 Å². The van der Waals surface area contributed by atoms with E-state index in [1.165, 1.54) is 0 Å². The molecule has 1 aromatic carbocycles. The lowest BCUT2D eigenvalue weighted by molar-refractivity contribution is 0.186. The van der Waals surface area contributed by atoms with Crippen molar-refractivity contribution in [2.75, 3.05) is 12.8 Å². The number of fused-ring (bicyclic) bond motifs is 1. The molecule has 0 unspecified atom stereocenters. The number of pyridine rings is 1.